The first kappa shape index (κ1) is 14.8. The molecule has 0 saturated carbocycles. The first-order valence-electron chi connectivity index (χ1n) is 6.47. The lowest BCUT2D eigenvalue weighted by atomic mass is 10.2. The average molecular weight is 298 g/mol. The molecule has 0 radical (unpaired) electrons. The van der Waals surface area contributed by atoms with Crippen molar-refractivity contribution in [1.29, 1.82) is 0 Å². The fraction of sp³-hybridized carbons (Fsp3) is 0.538. The van der Waals surface area contributed by atoms with E-state index >= 15 is 0 Å². The predicted octanol–water partition coefficient (Wildman–Crippen LogP) is 2.01. The second-order valence-electron chi connectivity index (χ2n) is 4.74. The van der Waals surface area contributed by atoms with Crippen LogP contribution in [0.3, 0.4) is 0 Å². The largest absolute Gasteiger partial charge is 0.475 e. The molecule has 1 fully saturated rings. The first-order valence-corrected chi connectivity index (χ1v) is 7.52. The van der Waals surface area contributed by atoms with Crippen molar-refractivity contribution in [1.82, 2.24) is 10.2 Å². The summed E-state index contributed by atoms with van der Waals surface area (Å²) < 4.78 is 5.09. The minimum atomic E-state index is -1.11. The van der Waals surface area contributed by atoms with Gasteiger partial charge >= 0.3 is 12.0 Å². The van der Waals surface area contributed by atoms with E-state index in [9.17, 15) is 9.59 Å². The van der Waals surface area contributed by atoms with Crippen molar-refractivity contribution in [2.75, 3.05) is 12.3 Å². The minimum absolute atomic E-state index is 0.120. The molecule has 2 N–H and O–H groups in total. The number of nitrogens with one attached hydrogen (secondary N) is 1. The zero-order valence-electron chi connectivity index (χ0n) is 11.5. The molecule has 1 aliphatic heterocycles. The third-order valence-electron chi connectivity index (χ3n) is 3.43. The SMILES string of the molecule is CC1SCCN(C(=O)NCc2ccc(C(=O)O)o2)C1C. The van der Waals surface area contributed by atoms with Crippen molar-refractivity contribution in [2.45, 2.75) is 31.7 Å². The summed E-state index contributed by atoms with van der Waals surface area (Å²) in [5.41, 5.74) is 0. The molecule has 0 spiro atoms. The van der Waals surface area contributed by atoms with Gasteiger partial charge in [0.15, 0.2) is 0 Å². The Hall–Kier alpha value is -1.63. The number of hydrogen-bond donors (Lipinski definition) is 2. The molecule has 2 atom stereocenters. The second kappa shape index (κ2) is 6.21. The van der Waals surface area contributed by atoms with Gasteiger partial charge in [-0.2, -0.15) is 11.8 Å². The summed E-state index contributed by atoms with van der Waals surface area (Å²) in [6.07, 6.45) is 0. The van der Waals surface area contributed by atoms with Crippen LogP contribution < -0.4 is 5.32 Å². The highest BCUT2D eigenvalue weighted by Gasteiger charge is 2.28. The number of amides is 2. The van der Waals surface area contributed by atoms with E-state index < -0.39 is 5.97 Å². The Morgan fingerprint density at radius 3 is 2.90 bits per heavy atom. The molecule has 0 bridgehead atoms. The van der Waals surface area contributed by atoms with E-state index in [1.54, 1.807) is 6.07 Å². The van der Waals surface area contributed by atoms with Crippen molar-refractivity contribution in [3.63, 3.8) is 0 Å². The maximum absolute atomic E-state index is 12.1. The smallest absolute Gasteiger partial charge is 0.371 e. The summed E-state index contributed by atoms with van der Waals surface area (Å²) in [6.45, 7) is 5.06. The number of urea groups is 1. The van der Waals surface area contributed by atoms with Gasteiger partial charge in [0.05, 0.1) is 6.54 Å². The van der Waals surface area contributed by atoms with Crippen LogP contribution in [0.15, 0.2) is 16.5 Å². The molecule has 110 valence electrons. The number of carboxylic acids is 1. The average Bonchev–Trinajstić information content (AvgIpc) is 2.88. The van der Waals surface area contributed by atoms with Crippen molar-refractivity contribution in [3.05, 3.63) is 23.7 Å². The topological polar surface area (TPSA) is 82.8 Å². The van der Waals surface area contributed by atoms with Crippen LogP contribution in [0.2, 0.25) is 0 Å². The number of nitrogens with zero attached hydrogens (tertiary/aromatic N) is 1. The van der Waals surface area contributed by atoms with Crippen LogP contribution in [0.4, 0.5) is 4.79 Å². The van der Waals surface area contributed by atoms with Crippen molar-refractivity contribution >= 4 is 23.8 Å². The minimum Gasteiger partial charge on any atom is -0.475 e. The first-order chi connectivity index (χ1) is 9.49. The van der Waals surface area contributed by atoms with Gasteiger partial charge in [-0.25, -0.2) is 9.59 Å². The van der Waals surface area contributed by atoms with E-state index in [2.05, 4.69) is 12.2 Å². The monoisotopic (exact) mass is 298 g/mol. The molecular formula is C13H18N2O4S. The normalized spacial score (nSPS) is 22.6. The lowest BCUT2D eigenvalue weighted by molar-refractivity contribution is 0.0660. The van der Waals surface area contributed by atoms with Gasteiger partial charge in [-0.3, -0.25) is 0 Å². The number of rotatable bonds is 3. The number of thioether (sulfide) groups is 1. The van der Waals surface area contributed by atoms with E-state index in [-0.39, 0.29) is 24.4 Å². The molecule has 1 saturated heterocycles. The Kier molecular flexibility index (Phi) is 4.59. The van der Waals surface area contributed by atoms with Gasteiger partial charge in [0.25, 0.3) is 0 Å². The number of carbonyl (C=O) groups excluding carboxylic acids is 1. The van der Waals surface area contributed by atoms with E-state index in [1.165, 1.54) is 6.07 Å². The van der Waals surface area contributed by atoms with Gasteiger partial charge in [0.2, 0.25) is 5.76 Å². The Morgan fingerprint density at radius 1 is 1.50 bits per heavy atom. The van der Waals surface area contributed by atoms with Crippen LogP contribution in [0.25, 0.3) is 0 Å². The molecule has 2 rings (SSSR count). The molecule has 7 heteroatoms. The third kappa shape index (κ3) is 3.27. The Balaban J connectivity index is 1.89. The molecular weight excluding hydrogens is 280 g/mol. The molecule has 1 aromatic rings. The number of carbonyl (C=O) groups is 2. The zero-order chi connectivity index (χ0) is 14.7. The highest BCUT2D eigenvalue weighted by Crippen LogP contribution is 2.24. The van der Waals surface area contributed by atoms with Crippen LogP contribution in [-0.2, 0) is 6.54 Å². The number of furan rings is 1. The summed E-state index contributed by atoms with van der Waals surface area (Å²) in [4.78, 5) is 24.6. The molecule has 20 heavy (non-hydrogen) atoms. The summed E-state index contributed by atoms with van der Waals surface area (Å²) in [5, 5.41) is 11.9. The molecule has 2 amide bonds. The van der Waals surface area contributed by atoms with Gasteiger partial charge in [-0.1, -0.05) is 6.92 Å². The van der Waals surface area contributed by atoms with Crippen molar-refractivity contribution in [2.24, 2.45) is 0 Å². The fourth-order valence-electron chi connectivity index (χ4n) is 2.07. The zero-order valence-corrected chi connectivity index (χ0v) is 12.3. The maximum Gasteiger partial charge on any atom is 0.371 e. The van der Waals surface area contributed by atoms with Crippen LogP contribution in [0.1, 0.15) is 30.2 Å². The summed E-state index contributed by atoms with van der Waals surface area (Å²) in [5.74, 6) is 0.134. The Labute approximate surface area is 121 Å². The molecule has 0 aromatic carbocycles. The highest BCUT2D eigenvalue weighted by molar-refractivity contribution is 8.00. The van der Waals surface area contributed by atoms with Gasteiger partial charge in [-0.15, -0.1) is 0 Å². The third-order valence-corrected chi connectivity index (χ3v) is 4.77. The summed E-state index contributed by atoms with van der Waals surface area (Å²) in [7, 11) is 0. The second-order valence-corrected chi connectivity index (χ2v) is 6.22. The van der Waals surface area contributed by atoms with E-state index in [0.29, 0.717) is 11.0 Å². The van der Waals surface area contributed by atoms with Crippen molar-refractivity contribution in [3.8, 4) is 0 Å². The summed E-state index contributed by atoms with van der Waals surface area (Å²) in [6, 6.07) is 2.98. The quantitative estimate of drug-likeness (QED) is 0.892. The lowest BCUT2D eigenvalue weighted by Crippen LogP contribution is -2.51. The number of hydrogen-bond acceptors (Lipinski definition) is 4. The van der Waals surface area contributed by atoms with E-state index in [1.807, 2.05) is 23.6 Å². The van der Waals surface area contributed by atoms with E-state index in [4.69, 9.17) is 9.52 Å². The maximum atomic E-state index is 12.1. The predicted molar refractivity (Wildman–Crippen MR) is 76.0 cm³/mol. The number of aromatic carboxylic acids is 1. The lowest BCUT2D eigenvalue weighted by Gasteiger charge is -2.37. The van der Waals surface area contributed by atoms with Gasteiger partial charge in [0, 0.05) is 23.6 Å². The molecule has 2 unspecified atom stereocenters. The van der Waals surface area contributed by atoms with Crippen LogP contribution in [-0.4, -0.2) is 45.6 Å². The highest BCUT2D eigenvalue weighted by atomic mass is 32.2. The summed E-state index contributed by atoms with van der Waals surface area (Å²) >= 11 is 1.86. The van der Waals surface area contributed by atoms with Gasteiger partial charge < -0.3 is 19.7 Å². The molecule has 0 aliphatic carbocycles. The Morgan fingerprint density at radius 2 is 2.25 bits per heavy atom. The van der Waals surface area contributed by atoms with Gasteiger partial charge in [0.1, 0.15) is 5.76 Å². The van der Waals surface area contributed by atoms with Crippen molar-refractivity contribution < 1.29 is 19.1 Å². The van der Waals surface area contributed by atoms with Crippen LogP contribution in [0.5, 0.6) is 0 Å². The number of carboxylic acid groups (broad SMARTS) is 1. The molecule has 1 aromatic heterocycles. The molecule has 6 nitrogen and oxygen atoms in total. The molecule has 2 heterocycles. The molecule has 1 aliphatic rings. The van der Waals surface area contributed by atoms with Crippen LogP contribution >= 0.6 is 11.8 Å². The standard InChI is InChI=1S/C13H18N2O4S/c1-8-9(2)20-6-5-15(8)13(18)14-7-10-3-4-11(19-10)12(16)17/h3-4,8-9H,5-7H2,1-2H3,(H,14,18)(H,16,17). The van der Waals surface area contributed by atoms with Gasteiger partial charge in [-0.05, 0) is 19.1 Å². The Bertz CT molecular complexity index is 502. The van der Waals surface area contributed by atoms with Crippen LogP contribution in [0, 0.1) is 0 Å². The fourth-order valence-corrected chi connectivity index (χ4v) is 3.17. The van der Waals surface area contributed by atoms with E-state index in [0.717, 1.165) is 12.3 Å².